The zero-order valence-electron chi connectivity index (χ0n) is 7.93. The standard InChI is InChI=1S/C9H6BrF3O3/c1-16-9(15)8(14)3-2-4(10)6(12)7(13)5(3)11/h2,8,14H,1H3. The highest BCUT2D eigenvalue weighted by Gasteiger charge is 2.26. The first kappa shape index (κ1) is 13.0. The van der Waals surface area contributed by atoms with Crippen LogP contribution in [0.3, 0.4) is 0 Å². The number of ether oxygens (including phenoxy) is 1. The second kappa shape index (κ2) is 4.84. The summed E-state index contributed by atoms with van der Waals surface area (Å²) in [4.78, 5) is 10.9. The molecule has 0 aliphatic rings. The number of hydrogen-bond donors (Lipinski definition) is 1. The largest absolute Gasteiger partial charge is 0.467 e. The molecule has 0 radical (unpaired) electrons. The molecule has 1 rings (SSSR count). The maximum absolute atomic E-state index is 13.2. The van der Waals surface area contributed by atoms with Gasteiger partial charge in [0.05, 0.1) is 11.6 Å². The Morgan fingerprint density at radius 3 is 2.44 bits per heavy atom. The Morgan fingerprint density at radius 2 is 1.94 bits per heavy atom. The van der Waals surface area contributed by atoms with Crippen LogP contribution < -0.4 is 0 Å². The topological polar surface area (TPSA) is 46.5 Å². The number of halogens is 4. The van der Waals surface area contributed by atoms with Crippen LogP contribution in [0.25, 0.3) is 0 Å². The normalized spacial score (nSPS) is 12.4. The molecule has 1 aromatic rings. The SMILES string of the molecule is COC(=O)C(O)c1cc(Br)c(F)c(F)c1F. The van der Waals surface area contributed by atoms with Gasteiger partial charge in [-0.2, -0.15) is 0 Å². The molecule has 0 saturated heterocycles. The summed E-state index contributed by atoms with van der Waals surface area (Å²) in [6.07, 6.45) is -2.00. The smallest absolute Gasteiger partial charge is 0.339 e. The number of hydrogen-bond acceptors (Lipinski definition) is 3. The van der Waals surface area contributed by atoms with Crippen molar-refractivity contribution in [1.82, 2.24) is 0 Å². The van der Waals surface area contributed by atoms with E-state index < -0.39 is 39.6 Å². The number of carbonyl (C=O) groups is 1. The number of aliphatic hydroxyl groups excluding tert-OH is 1. The maximum atomic E-state index is 13.2. The quantitative estimate of drug-likeness (QED) is 0.516. The molecule has 0 saturated carbocycles. The first-order valence-electron chi connectivity index (χ1n) is 3.99. The van der Waals surface area contributed by atoms with E-state index in [2.05, 4.69) is 20.7 Å². The van der Waals surface area contributed by atoms with Gasteiger partial charge in [0, 0.05) is 5.56 Å². The summed E-state index contributed by atoms with van der Waals surface area (Å²) >= 11 is 2.63. The molecule has 16 heavy (non-hydrogen) atoms. The van der Waals surface area contributed by atoms with Gasteiger partial charge in [0.25, 0.3) is 0 Å². The lowest BCUT2D eigenvalue weighted by Crippen LogP contribution is -2.16. The maximum Gasteiger partial charge on any atom is 0.339 e. The zero-order chi connectivity index (χ0) is 12.5. The lowest BCUT2D eigenvalue weighted by Gasteiger charge is -2.11. The summed E-state index contributed by atoms with van der Waals surface area (Å²) < 4.78 is 42.7. The molecule has 1 N–H and O–H groups in total. The molecule has 1 atom stereocenters. The third kappa shape index (κ3) is 2.19. The highest BCUT2D eigenvalue weighted by atomic mass is 79.9. The van der Waals surface area contributed by atoms with Gasteiger partial charge in [-0.1, -0.05) is 0 Å². The monoisotopic (exact) mass is 298 g/mol. The van der Waals surface area contributed by atoms with Crippen molar-refractivity contribution in [3.05, 3.63) is 33.6 Å². The molecule has 1 aromatic carbocycles. The molecule has 0 aromatic heterocycles. The van der Waals surface area contributed by atoms with Gasteiger partial charge >= 0.3 is 5.97 Å². The van der Waals surface area contributed by atoms with Crippen molar-refractivity contribution in [3.63, 3.8) is 0 Å². The van der Waals surface area contributed by atoms with Crippen LogP contribution in [0.1, 0.15) is 11.7 Å². The second-order valence-corrected chi connectivity index (χ2v) is 3.67. The average Bonchev–Trinajstić information content (AvgIpc) is 2.29. The third-order valence-corrected chi connectivity index (χ3v) is 2.43. The van der Waals surface area contributed by atoms with Crippen molar-refractivity contribution in [1.29, 1.82) is 0 Å². The van der Waals surface area contributed by atoms with Crippen molar-refractivity contribution in [2.45, 2.75) is 6.10 Å². The molecule has 0 aliphatic carbocycles. The number of carbonyl (C=O) groups excluding carboxylic acids is 1. The molecule has 3 nitrogen and oxygen atoms in total. The minimum Gasteiger partial charge on any atom is -0.467 e. The van der Waals surface area contributed by atoms with Gasteiger partial charge in [0.15, 0.2) is 23.6 Å². The Hall–Kier alpha value is -1.08. The summed E-state index contributed by atoms with van der Waals surface area (Å²) in [5.41, 5.74) is -0.697. The fourth-order valence-electron chi connectivity index (χ4n) is 1.03. The van der Waals surface area contributed by atoms with Crippen LogP contribution in [0.15, 0.2) is 10.5 Å². The van der Waals surface area contributed by atoms with Crippen molar-refractivity contribution in [3.8, 4) is 0 Å². The highest BCUT2D eigenvalue weighted by molar-refractivity contribution is 9.10. The summed E-state index contributed by atoms with van der Waals surface area (Å²) in [5.74, 6) is -6.00. The van der Waals surface area contributed by atoms with Crippen LogP contribution in [-0.4, -0.2) is 18.2 Å². The van der Waals surface area contributed by atoms with Crippen LogP contribution in [0, 0.1) is 17.5 Å². The van der Waals surface area contributed by atoms with Gasteiger partial charge < -0.3 is 9.84 Å². The Kier molecular flexibility index (Phi) is 3.93. The molecule has 0 bridgehead atoms. The van der Waals surface area contributed by atoms with E-state index in [4.69, 9.17) is 0 Å². The molecule has 0 fully saturated rings. The first-order valence-corrected chi connectivity index (χ1v) is 4.78. The van der Waals surface area contributed by atoms with Crippen molar-refractivity contribution in [2.24, 2.45) is 0 Å². The minimum atomic E-state index is -2.00. The van der Waals surface area contributed by atoms with Gasteiger partial charge in [0.1, 0.15) is 0 Å². The highest BCUT2D eigenvalue weighted by Crippen LogP contribution is 2.28. The number of benzene rings is 1. The molecular weight excluding hydrogens is 293 g/mol. The van der Waals surface area contributed by atoms with E-state index >= 15 is 0 Å². The Labute approximate surface area is 97.0 Å². The summed E-state index contributed by atoms with van der Waals surface area (Å²) in [7, 11) is 0.971. The van der Waals surface area contributed by atoms with Gasteiger partial charge in [-0.25, -0.2) is 18.0 Å². The summed E-state index contributed by atoms with van der Waals surface area (Å²) in [6.45, 7) is 0. The molecule has 1 unspecified atom stereocenters. The van der Waals surface area contributed by atoms with E-state index in [0.29, 0.717) is 0 Å². The average molecular weight is 299 g/mol. The van der Waals surface area contributed by atoms with Crippen LogP contribution in [-0.2, 0) is 9.53 Å². The van der Waals surface area contributed by atoms with Crippen LogP contribution >= 0.6 is 15.9 Å². The van der Waals surface area contributed by atoms with E-state index in [1.165, 1.54) is 0 Å². The van der Waals surface area contributed by atoms with E-state index in [-0.39, 0.29) is 0 Å². The van der Waals surface area contributed by atoms with Gasteiger partial charge in [-0.15, -0.1) is 0 Å². The number of rotatable bonds is 2. The fourth-order valence-corrected chi connectivity index (χ4v) is 1.45. The van der Waals surface area contributed by atoms with E-state index in [9.17, 15) is 23.1 Å². The van der Waals surface area contributed by atoms with Crippen molar-refractivity contribution < 1.29 is 27.8 Å². The fraction of sp³-hybridized carbons (Fsp3) is 0.222. The number of esters is 1. The predicted molar refractivity (Wildman–Crippen MR) is 51.0 cm³/mol. The van der Waals surface area contributed by atoms with Gasteiger partial charge in [-0.3, -0.25) is 0 Å². The van der Waals surface area contributed by atoms with Crippen LogP contribution in [0.4, 0.5) is 13.2 Å². The second-order valence-electron chi connectivity index (χ2n) is 2.82. The summed E-state index contributed by atoms with van der Waals surface area (Å²) in [6, 6.07) is 0.773. The lowest BCUT2D eigenvalue weighted by molar-refractivity contribution is -0.150. The third-order valence-electron chi connectivity index (χ3n) is 1.85. The molecule has 0 aliphatic heterocycles. The minimum absolute atomic E-state index is 0.399. The zero-order valence-corrected chi connectivity index (χ0v) is 9.52. The van der Waals surface area contributed by atoms with Gasteiger partial charge in [0.2, 0.25) is 0 Å². The Morgan fingerprint density at radius 1 is 1.38 bits per heavy atom. The van der Waals surface area contributed by atoms with Crippen LogP contribution in [0.5, 0.6) is 0 Å². The lowest BCUT2D eigenvalue weighted by atomic mass is 10.1. The molecule has 88 valence electrons. The van der Waals surface area contributed by atoms with Crippen molar-refractivity contribution in [2.75, 3.05) is 7.11 Å². The molecular formula is C9H6BrF3O3. The van der Waals surface area contributed by atoms with E-state index in [1.807, 2.05) is 0 Å². The van der Waals surface area contributed by atoms with E-state index in [0.717, 1.165) is 13.2 Å². The molecule has 0 heterocycles. The summed E-state index contributed by atoms with van der Waals surface area (Å²) in [5, 5.41) is 9.29. The predicted octanol–water partition coefficient (Wildman–Crippen LogP) is 2.07. The Balaban J connectivity index is 3.30. The van der Waals surface area contributed by atoms with E-state index in [1.54, 1.807) is 0 Å². The molecule has 0 spiro atoms. The van der Waals surface area contributed by atoms with Gasteiger partial charge in [-0.05, 0) is 22.0 Å². The Bertz CT molecular complexity index is 436. The molecule has 0 amide bonds. The van der Waals surface area contributed by atoms with Crippen molar-refractivity contribution >= 4 is 21.9 Å². The number of methoxy groups -OCH3 is 1. The molecule has 7 heteroatoms. The first-order chi connectivity index (χ1) is 7.40. The number of aliphatic hydroxyl groups is 1. The van der Waals surface area contributed by atoms with Crippen LogP contribution in [0.2, 0.25) is 0 Å².